The molecular weight excluding hydrogens is 196 g/mol. The molecule has 2 nitrogen and oxygen atoms in total. The number of ether oxygens (including phenoxy) is 1. The first kappa shape index (κ1) is 11.7. The minimum absolute atomic E-state index is 0.512. The standard InChI is InChI=1S/C11H18O2S/c1-5-13-11(3,4)10(12)9-6-8(2)14-7-9/h6-7,10,12H,5H2,1-4H3. The van der Waals surface area contributed by atoms with Gasteiger partial charge in [-0.1, -0.05) is 0 Å². The molecular formula is C11H18O2S. The van der Waals surface area contributed by atoms with Crippen molar-refractivity contribution in [1.29, 1.82) is 0 Å². The number of hydrogen-bond donors (Lipinski definition) is 1. The minimum atomic E-state index is -0.549. The third kappa shape index (κ3) is 2.56. The van der Waals surface area contributed by atoms with Crippen molar-refractivity contribution >= 4 is 11.3 Å². The second-order valence-corrected chi connectivity index (χ2v) is 5.05. The van der Waals surface area contributed by atoms with Crippen LogP contribution in [0.5, 0.6) is 0 Å². The molecule has 0 amide bonds. The van der Waals surface area contributed by atoms with Crippen molar-refractivity contribution in [3.63, 3.8) is 0 Å². The Labute approximate surface area is 89.5 Å². The maximum Gasteiger partial charge on any atom is 0.108 e. The Balaban J connectivity index is 2.78. The second-order valence-electron chi connectivity index (χ2n) is 3.93. The van der Waals surface area contributed by atoms with Crippen LogP contribution in [0, 0.1) is 6.92 Å². The summed E-state index contributed by atoms with van der Waals surface area (Å²) in [4.78, 5) is 1.21. The average Bonchev–Trinajstić information content (AvgIpc) is 2.50. The van der Waals surface area contributed by atoms with E-state index in [0.29, 0.717) is 6.61 Å². The molecule has 1 aromatic heterocycles. The number of aryl methyl sites for hydroxylation is 1. The van der Waals surface area contributed by atoms with Crippen molar-refractivity contribution in [1.82, 2.24) is 0 Å². The Hall–Kier alpha value is -0.380. The first-order chi connectivity index (χ1) is 6.47. The molecule has 0 bridgehead atoms. The van der Waals surface area contributed by atoms with E-state index in [1.165, 1.54) is 4.88 Å². The van der Waals surface area contributed by atoms with Gasteiger partial charge in [0.1, 0.15) is 6.10 Å². The summed E-state index contributed by atoms with van der Waals surface area (Å²) >= 11 is 1.65. The largest absolute Gasteiger partial charge is 0.385 e. The fraction of sp³-hybridized carbons (Fsp3) is 0.636. The summed E-state index contributed by atoms with van der Waals surface area (Å²) in [6, 6.07) is 2.01. The van der Waals surface area contributed by atoms with Gasteiger partial charge in [-0.3, -0.25) is 0 Å². The highest BCUT2D eigenvalue weighted by Crippen LogP contribution is 2.31. The van der Waals surface area contributed by atoms with Crippen LogP contribution in [0.25, 0.3) is 0 Å². The predicted octanol–water partition coefficient (Wildman–Crippen LogP) is 2.91. The Morgan fingerprint density at radius 3 is 2.64 bits per heavy atom. The van der Waals surface area contributed by atoms with Crippen LogP contribution in [0.15, 0.2) is 11.4 Å². The van der Waals surface area contributed by atoms with Gasteiger partial charge in [-0.2, -0.15) is 0 Å². The van der Waals surface area contributed by atoms with Crippen molar-refractivity contribution in [3.8, 4) is 0 Å². The van der Waals surface area contributed by atoms with Crippen molar-refractivity contribution in [2.45, 2.75) is 39.4 Å². The molecule has 3 heteroatoms. The summed E-state index contributed by atoms with van der Waals surface area (Å²) in [5, 5.41) is 12.1. The molecule has 0 aliphatic rings. The maximum atomic E-state index is 10.1. The molecule has 0 saturated carbocycles. The van der Waals surface area contributed by atoms with Crippen molar-refractivity contribution in [2.75, 3.05) is 6.61 Å². The van der Waals surface area contributed by atoms with Crippen molar-refractivity contribution in [2.24, 2.45) is 0 Å². The zero-order chi connectivity index (χ0) is 10.8. The average molecular weight is 214 g/mol. The molecule has 0 fully saturated rings. The highest BCUT2D eigenvalue weighted by atomic mass is 32.1. The van der Waals surface area contributed by atoms with Crippen LogP contribution in [0.2, 0.25) is 0 Å². The van der Waals surface area contributed by atoms with E-state index in [1.807, 2.05) is 39.1 Å². The van der Waals surface area contributed by atoms with E-state index in [0.717, 1.165) is 5.56 Å². The van der Waals surface area contributed by atoms with E-state index in [2.05, 4.69) is 0 Å². The first-order valence-electron chi connectivity index (χ1n) is 4.84. The predicted molar refractivity (Wildman–Crippen MR) is 59.7 cm³/mol. The second kappa shape index (κ2) is 4.43. The van der Waals surface area contributed by atoms with Crippen LogP contribution >= 0.6 is 11.3 Å². The molecule has 1 unspecified atom stereocenters. The zero-order valence-corrected chi connectivity index (χ0v) is 10.0. The minimum Gasteiger partial charge on any atom is -0.385 e. The Morgan fingerprint density at radius 1 is 1.57 bits per heavy atom. The zero-order valence-electron chi connectivity index (χ0n) is 9.20. The van der Waals surface area contributed by atoms with Gasteiger partial charge >= 0.3 is 0 Å². The fourth-order valence-corrected chi connectivity index (χ4v) is 2.18. The monoisotopic (exact) mass is 214 g/mol. The van der Waals surface area contributed by atoms with Gasteiger partial charge in [-0.05, 0) is 44.7 Å². The van der Waals surface area contributed by atoms with Crippen LogP contribution < -0.4 is 0 Å². The Morgan fingerprint density at radius 2 is 2.21 bits per heavy atom. The van der Waals surface area contributed by atoms with Crippen molar-refractivity contribution < 1.29 is 9.84 Å². The lowest BCUT2D eigenvalue weighted by Gasteiger charge is -2.29. The third-order valence-corrected chi connectivity index (χ3v) is 3.12. The van der Waals surface area contributed by atoms with E-state index >= 15 is 0 Å². The summed E-state index contributed by atoms with van der Waals surface area (Å²) in [5.41, 5.74) is 0.438. The number of aliphatic hydroxyl groups is 1. The molecule has 1 atom stereocenters. The molecule has 80 valence electrons. The maximum absolute atomic E-state index is 10.1. The molecule has 0 aromatic carbocycles. The summed E-state index contributed by atoms with van der Waals surface area (Å²) in [6.07, 6.45) is -0.549. The molecule has 0 aliphatic heterocycles. The van der Waals surface area contributed by atoms with Gasteiger partial charge in [-0.15, -0.1) is 11.3 Å². The molecule has 14 heavy (non-hydrogen) atoms. The van der Waals surface area contributed by atoms with Crippen LogP contribution in [0.3, 0.4) is 0 Å². The van der Waals surface area contributed by atoms with E-state index < -0.39 is 11.7 Å². The molecule has 1 aromatic rings. The molecule has 0 aliphatic carbocycles. The lowest BCUT2D eigenvalue weighted by Crippen LogP contribution is -2.32. The summed E-state index contributed by atoms with van der Waals surface area (Å²) in [5.74, 6) is 0. The molecule has 1 rings (SSSR count). The lowest BCUT2D eigenvalue weighted by atomic mass is 9.96. The molecule has 1 N–H and O–H groups in total. The third-order valence-electron chi connectivity index (χ3n) is 2.24. The normalized spacial score (nSPS) is 14.4. The Kier molecular flexibility index (Phi) is 3.70. The van der Waals surface area contributed by atoms with Gasteiger partial charge in [0, 0.05) is 11.5 Å². The van der Waals surface area contributed by atoms with E-state index in [9.17, 15) is 5.11 Å². The van der Waals surface area contributed by atoms with Gasteiger partial charge < -0.3 is 9.84 Å². The van der Waals surface area contributed by atoms with Crippen LogP contribution in [-0.4, -0.2) is 17.3 Å². The van der Waals surface area contributed by atoms with Crippen LogP contribution in [0.1, 0.15) is 37.3 Å². The quantitative estimate of drug-likeness (QED) is 0.835. The summed E-state index contributed by atoms with van der Waals surface area (Å²) in [6.45, 7) is 8.41. The van der Waals surface area contributed by atoms with Gasteiger partial charge in [0.15, 0.2) is 0 Å². The SMILES string of the molecule is CCOC(C)(C)C(O)c1csc(C)c1. The number of rotatable bonds is 4. The molecule has 0 saturated heterocycles. The smallest absolute Gasteiger partial charge is 0.108 e. The summed E-state index contributed by atoms with van der Waals surface area (Å²) < 4.78 is 5.51. The van der Waals surface area contributed by atoms with Gasteiger partial charge in [0.2, 0.25) is 0 Å². The van der Waals surface area contributed by atoms with E-state index in [-0.39, 0.29) is 0 Å². The number of thiophene rings is 1. The first-order valence-corrected chi connectivity index (χ1v) is 5.72. The van der Waals surface area contributed by atoms with Crippen LogP contribution in [-0.2, 0) is 4.74 Å². The topological polar surface area (TPSA) is 29.5 Å². The van der Waals surface area contributed by atoms with Crippen molar-refractivity contribution in [3.05, 3.63) is 21.9 Å². The number of hydrogen-bond acceptors (Lipinski definition) is 3. The van der Waals surface area contributed by atoms with Gasteiger partial charge in [0.25, 0.3) is 0 Å². The fourth-order valence-electron chi connectivity index (χ4n) is 1.46. The van der Waals surface area contributed by atoms with Crippen LogP contribution in [0.4, 0.5) is 0 Å². The highest BCUT2D eigenvalue weighted by molar-refractivity contribution is 7.10. The molecule has 0 spiro atoms. The molecule has 1 heterocycles. The summed E-state index contributed by atoms with van der Waals surface area (Å²) in [7, 11) is 0. The molecule has 0 radical (unpaired) electrons. The lowest BCUT2D eigenvalue weighted by molar-refractivity contribution is -0.0982. The van der Waals surface area contributed by atoms with Gasteiger partial charge in [0.05, 0.1) is 5.60 Å². The van der Waals surface area contributed by atoms with E-state index in [4.69, 9.17) is 4.74 Å². The Bertz CT molecular complexity index is 291. The van der Waals surface area contributed by atoms with E-state index in [1.54, 1.807) is 11.3 Å². The number of aliphatic hydroxyl groups excluding tert-OH is 1. The van der Waals surface area contributed by atoms with Gasteiger partial charge in [-0.25, -0.2) is 0 Å². The highest BCUT2D eigenvalue weighted by Gasteiger charge is 2.29.